The van der Waals surface area contributed by atoms with E-state index in [0.717, 1.165) is 0 Å². The smallest absolute Gasteiger partial charge is 0.0221 e. The minimum absolute atomic E-state index is 0.588. The molecule has 1 unspecified atom stereocenters. The van der Waals surface area contributed by atoms with Gasteiger partial charge >= 0.3 is 0 Å². The molecule has 0 amide bonds. The van der Waals surface area contributed by atoms with E-state index >= 15 is 0 Å². The van der Waals surface area contributed by atoms with Gasteiger partial charge in [0.05, 0.1) is 0 Å². The quantitative estimate of drug-likeness (QED) is 0.530. The summed E-state index contributed by atoms with van der Waals surface area (Å²) in [7, 11) is 0. The van der Waals surface area contributed by atoms with E-state index < -0.39 is 0 Å². The Labute approximate surface area is 70.9 Å². The van der Waals surface area contributed by atoms with Gasteiger partial charge in [0.15, 0.2) is 0 Å². The van der Waals surface area contributed by atoms with E-state index in [-0.39, 0.29) is 0 Å². The molecular formula is C10H21N. The number of hydrogen-bond donors (Lipinski definition) is 1. The fraction of sp³-hybridized carbons (Fsp3) is 0.800. The second-order valence-electron chi connectivity index (χ2n) is 2.67. The molecule has 0 saturated carbocycles. The van der Waals surface area contributed by atoms with Gasteiger partial charge in [0.25, 0.3) is 0 Å². The van der Waals surface area contributed by atoms with Crippen molar-refractivity contribution in [2.24, 2.45) is 0 Å². The van der Waals surface area contributed by atoms with Crippen LogP contribution in [-0.2, 0) is 0 Å². The molecule has 0 aliphatic carbocycles. The van der Waals surface area contributed by atoms with Crippen molar-refractivity contribution >= 4 is 0 Å². The monoisotopic (exact) mass is 155 g/mol. The average molecular weight is 155 g/mol. The predicted octanol–water partition coefficient (Wildman–Crippen LogP) is 2.73. The fourth-order valence-electron chi connectivity index (χ4n) is 1.09. The lowest BCUT2D eigenvalue weighted by molar-refractivity contribution is 0.576. The van der Waals surface area contributed by atoms with E-state index in [2.05, 4.69) is 24.4 Å². The second kappa shape index (κ2) is 7.80. The van der Waals surface area contributed by atoms with Gasteiger partial charge < -0.3 is 5.32 Å². The van der Waals surface area contributed by atoms with E-state index in [1.807, 2.05) is 13.8 Å². The first-order valence-electron chi connectivity index (χ1n) is 4.79. The van der Waals surface area contributed by atoms with Crippen LogP contribution >= 0.6 is 0 Å². The maximum absolute atomic E-state index is 3.40. The summed E-state index contributed by atoms with van der Waals surface area (Å²) in [5.74, 6) is 0. The van der Waals surface area contributed by atoms with Crippen LogP contribution in [0.25, 0.3) is 0 Å². The number of nitrogens with one attached hydrogen (secondary N) is 1. The maximum atomic E-state index is 3.40. The lowest BCUT2D eigenvalue weighted by Crippen LogP contribution is -2.25. The number of allylic oxidation sites excluding steroid dienone is 1. The molecule has 0 saturated heterocycles. The minimum atomic E-state index is 0.588. The zero-order valence-corrected chi connectivity index (χ0v) is 8.06. The van der Waals surface area contributed by atoms with Crippen LogP contribution in [0.4, 0.5) is 0 Å². The molecular weight excluding hydrogens is 134 g/mol. The van der Waals surface area contributed by atoms with Gasteiger partial charge in [-0.15, -0.1) is 0 Å². The highest BCUT2D eigenvalue weighted by atomic mass is 14.9. The first kappa shape index (κ1) is 10.7. The van der Waals surface area contributed by atoms with E-state index in [1.54, 1.807) is 0 Å². The number of hydrogen-bond acceptors (Lipinski definition) is 1. The van der Waals surface area contributed by atoms with Gasteiger partial charge in [0.2, 0.25) is 0 Å². The second-order valence-corrected chi connectivity index (χ2v) is 2.67. The summed E-state index contributed by atoms with van der Waals surface area (Å²) < 4.78 is 0. The summed E-state index contributed by atoms with van der Waals surface area (Å²) in [6.07, 6.45) is 8.47. The SMILES string of the molecule is CC.CC1/C=C/CCCCN1. The molecule has 0 fully saturated rings. The van der Waals surface area contributed by atoms with Crippen LogP contribution in [-0.4, -0.2) is 12.6 Å². The molecule has 1 aliphatic rings. The van der Waals surface area contributed by atoms with Crippen molar-refractivity contribution in [2.75, 3.05) is 6.54 Å². The van der Waals surface area contributed by atoms with E-state index in [9.17, 15) is 0 Å². The molecule has 1 aliphatic heterocycles. The van der Waals surface area contributed by atoms with E-state index in [1.165, 1.54) is 25.8 Å². The summed E-state index contributed by atoms with van der Waals surface area (Å²) in [5.41, 5.74) is 0. The first-order valence-corrected chi connectivity index (χ1v) is 4.79. The summed E-state index contributed by atoms with van der Waals surface area (Å²) in [6.45, 7) is 7.38. The molecule has 1 rings (SSSR count). The van der Waals surface area contributed by atoms with Crippen LogP contribution in [0.15, 0.2) is 12.2 Å². The van der Waals surface area contributed by atoms with Crippen molar-refractivity contribution in [2.45, 2.75) is 46.1 Å². The van der Waals surface area contributed by atoms with Crippen LogP contribution < -0.4 is 5.32 Å². The largest absolute Gasteiger partial charge is 0.311 e. The molecule has 0 bridgehead atoms. The molecule has 0 aromatic heterocycles. The summed E-state index contributed by atoms with van der Waals surface area (Å²) >= 11 is 0. The van der Waals surface area contributed by atoms with Crippen molar-refractivity contribution in [3.63, 3.8) is 0 Å². The summed E-state index contributed by atoms with van der Waals surface area (Å²) in [6, 6.07) is 0.588. The molecule has 1 N–H and O–H groups in total. The third-order valence-electron chi connectivity index (χ3n) is 1.69. The van der Waals surface area contributed by atoms with Crippen LogP contribution in [0.3, 0.4) is 0 Å². The Morgan fingerprint density at radius 2 is 2.00 bits per heavy atom. The molecule has 0 spiro atoms. The first-order chi connectivity index (χ1) is 5.39. The third-order valence-corrected chi connectivity index (χ3v) is 1.69. The molecule has 66 valence electrons. The molecule has 0 radical (unpaired) electrons. The Hall–Kier alpha value is -0.300. The van der Waals surface area contributed by atoms with Crippen molar-refractivity contribution in [1.29, 1.82) is 0 Å². The van der Waals surface area contributed by atoms with Gasteiger partial charge in [-0.1, -0.05) is 26.0 Å². The number of rotatable bonds is 0. The highest BCUT2D eigenvalue weighted by Gasteiger charge is 1.96. The van der Waals surface area contributed by atoms with E-state index in [0.29, 0.717) is 6.04 Å². The van der Waals surface area contributed by atoms with E-state index in [4.69, 9.17) is 0 Å². The molecule has 0 aromatic carbocycles. The van der Waals surface area contributed by atoms with Gasteiger partial charge in [0.1, 0.15) is 0 Å². The van der Waals surface area contributed by atoms with Gasteiger partial charge in [-0.05, 0) is 32.7 Å². The topological polar surface area (TPSA) is 12.0 Å². The molecule has 1 heteroatoms. The highest BCUT2D eigenvalue weighted by molar-refractivity contribution is 4.91. The van der Waals surface area contributed by atoms with Crippen molar-refractivity contribution < 1.29 is 0 Å². The van der Waals surface area contributed by atoms with Crippen LogP contribution in [0, 0.1) is 0 Å². The van der Waals surface area contributed by atoms with Crippen molar-refractivity contribution in [3.05, 3.63) is 12.2 Å². The Bertz CT molecular complexity index is 97.0. The molecule has 1 heterocycles. The Balaban J connectivity index is 0.000000461. The lowest BCUT2D eigenvalue weighted by atomic mass is 10.1. The minimum Gasteiger partial charge on any atom is -0.311 e. The summed E-state index contributed by atoms with van der Waals surface area (Å²) in [4.78, 5) is 0. The van der Waals surface area contributed by atoms with Crippen LogP contribution in [0.5, 0.6) is 0 Å². The molecule has 11 heavy (non-hydrogen) atoms. The Kier molecular flexibility index (Phi) is 7.59. The van der Waals surface area contributed by atoms with Gasteiger partial charge in [0, 0.05) is 6.04 Å². The summed E-state index contributed by atoms with van der Waals surface area (Å²) in [5, 5.41) is 3.40. The van der Waals surface area contributed by atoms with Gasteiger partial charge in [-0.2, -0.15) is 0 Å². The highest BCUT2D eigenvalue weighted by Crippen LogP contribution is 2.00. The zero-order chi connectivity index (χ0) is 8.53. The lowest BCUT2D eigenvalue weighted by Gasteiger charge is -2.11. The van der Waals surface area contributed by atoms with Crippen molar-refractivity contribution in [3.8, 4) is 0 Å². The van der Waals surface area contributed by atoms with Crippen LogP contribution in [0.1, 0.15) is 40.0 Å². The van der Waals surface area contributed by atoms with Crippen molar-refractivity contribution in [1.82, 2.24) is 5.32 Å². The predicted molar refractivity (Wildman–Crippen MR) is 51.8 cm³/mol. The zero-order valence-electron chi connectivity index (χ0n) is 8.06. The molecule has 0 aromatic rings. The van der Waals surface area contributed by atoms with Crippen LogP contribution in [0.2, 0.25) is 0 Å². The molecule has 1 atom stereocenters. The third kappa shape index (κ3) is 6.11. The van der Waals surface area contributed by atoms with Gasteiger partial charge in [-0.25, -0.2) is 0 Å². The average Bonchev–Trinajstić information content (AvgIpc) is 2.01. The maximum Gasteiger partial charge on any atom is 0.0221 e. The normalized spacial score (nSPS) is 27.4. The molecule has 1 nitrogen and oxygen atoms in total. The Morgan fingerprint density at radius 3 is 2.73 bits per heavy atom. The fourth-order valence-corrected chi connectivity index (χ4v) is 1.09. The Morgan fingerprint density at radius 1 is 1.27 bits per heavy atom. The van der Waals surface area contributed by atoms with Gasteiger partial charge in [-0.3, -0.25) is 0 Å². The standard InChI is InChI=1S/C8H15N.C2H6/c1-8-6-4-2-3-5-7-9-8;1-2/h4,6,8-9H,2-3,5,7H2,1H3;1-2H3/b6-4+;.